The van der Waals surface area contributed by atoms with Gasteiger partial charge in [-0.15, -0.1) is 0 Å². The van der Waals surface area contributed by atoms with Gasteiger partial charge in [-0.1, -0.05) is 32.4 Å². The Morgan fingerprint density at radius 2 is 1.87 bits per heavy atom. The molecule has 3 aliphatic carbocycles. The molecule has 3 rings (SSSR count). The molecule has 5 unspecified atom stereocenters. The van der Waals surface area contributed by atoms with Crippen LogP contribution in [0.15, 0.2) is 11.6 Å². The summed E-state index contributed by atoms with van der Waals surface area (Å²) in [5.41, 5.74) is 0.0769. The SMILES string of the molecule is CC1=CCC2C(C=O)(CCC3C(C)(C)C(O)CCC23C)C(=O)C1. The van der Waals surface area contributed by atoms with Gasteiger partial charge in [0, 0.05) is 6.42 Å². The van der Waals surface area contributed by atoms with Crippen LogP contribution in [0.5, 0.6) is 0 Å². The second-order valence-electron chi connectivity index (χ2n) is 9.07. The van der Waals surface area contributed by atoms with Crippen molar-refractivity contribution in [2.75, 3.05) is 0 Å². The van der Waals surface area contributed by atoms with E-state index in [9.17, 15) is 14.7 Å². The van der Waals surface area contributed by atoms with Crippen molar-refractivity contribution in [2.45, 2.75) is 72.3 Å². The van der Waals surface area contributed by atoms with Gasteiger partial charge in [0.05, 0.1) is 11.5 Å². The molecule has 0 bridgehead atoms. The summed E-state index contributed by atoms with van der Waals surface area (Å²) < 4.78 is 0. The number of aldehydes is 1. The second-order valence-corrected chi connectivity index (χ2v) is 9.07. The molecule has 3 nitrogen and oxygen atoms in total. The third-order valence-corrected chi connectivity index (χ3v) is 7.64. The Morgan fingerprint density at radius 1 is 1.17 bits per heavy atom. The summed E-state index contributed by atoms with van der Waals surface area (Å²) in [5, 5.41) is 10.5. The molecule has 0 aromatic rings. The molecule has 2 saturated carbocycles. The van der Waals surface area contributed by atoms with Crippen LogP contribution in [0.4, 0.5) is 0 Å². The van der Waals surface area contributed by atoms with Gasteiger partial charge < -0.3 is 9.90 Å². The lowest BCUT2D eigenvalue weighted by molar-refractivity contribution is -0.178. The number of carbonyl (C=O) groups excluding carboxylic acids is 2. The number of fused-ring (bicyclic) bond motifs is 3. The summed E-state index contributed by atoms with van der Waals surface area (Å²) >= 11 is 0. The number of ketones is 1. The molecule has 128 valence electrons. The summed E-state index contributed by atoms with van der Waals surface area (Å²) in [6.07, 6.45) is 7.29. The minimum Gasteiger partial charge on any atom is -0.393 e. The number of aliphatic hydroxyl groups excluding tert-OH is 1. The lowest BCUT2D eigenvalue weighted by Crippen LogP contribution is -2.60. The molecule has 0 aliphatic heterocycles. The van der Waals surface area contributed by atoms with Crippen LogP contribution in [-0.2, 0) is 9.59 Å². The molecule has 2 fully saturated rings. The van der Waals surface area contributed by atoms with Gasteiger partial charge in [-0.3, -0.25) is 4.79 Å². The van der Waals surface area contributed by atoms with Crippen LogP contribution in [0.1, 0.15) is 66.2 Å². The van der Waals surface area contributed by atoms with E-state index < -0.39 is 5.41 Å². The predicted molar refractivity (Wildman–Crippen MR) is 89.8 cm³/mol. The lowest BCUT2D eigenvalue weighted by Gasteiger charge is -2.62. The van der Waals surface area contributed by atoms with E-state index in [0.717, 1.165) is 37.5 Å². The lowest BCUT2D eigenvalue weighted by atomic mass is 9.42. The molecule has 23 heavy (non-hydrogen) atoms. The Bertz CT molecular complexity index is 561. The largest absolute Gasteiger partial charge is 0.393 e. The zero-order valence-corrected chi connectivity index (χ0v) is 14.9. The monoisotopic (exact) mass is 318 g/mol. The van der Waals surface area contributed by atoms with Crippen molar-refractivity contribution in [1.29, 1.82) is 0 Å². The number of rotatable bonds is 1. The summed E-state index contributed by atoms with van der Waals surface area (Å²) in [5.74, 6) is 0.548. The molecule has 0 saturated heterocycles. The van der Waals surface area contributed by atoms with Gasteiger partial charge in [0.25, 0.3) is 0 Å². The second kappa shape index (κ2) is 5.27. The zero-order chi connectivity index (χ0) is 17.0. The van der Waals surface area contributed by atoms with Crippen LogP contribution >= 0.6 is 0 Å². The number of hydrogen-bond donors (Lipinski definition) is 1. The molecular formula is C20H30O3. The van der Waals surface area contributed by atoms with Gasteiger partial charge in [-0.2, -0.15) is 0 Å². The fraction of sp³-hybridized carbons (Fsp3) is 0.800. The Morgan fingerprint density at radius 3 is 2.52 bits per heavy atom. The number of carbonyl (C=O) groups is 2. The number of Topliss-reactive ketones (excluding diaryl/α,β-unsaturated/α-hetero) is 1. The van der Waals surface area contributed by atoms with Crippen LogP contribution in [0.3, 0.4) is 0 Å². The summed E-state index contributed by atoms with van der Waals surface area (Å²) in [6, 6.07) is 0. The van der Waals surface area contributed by atoms with E-state index in [-0.39, 0.29) is 28.6 Å². The molecular weight excluding hydrogens is 288 g/mol. The van der Waals surface area contributed by atoms with E-state index in [2.05, 4.69) is 26.8 Å². The molecule has 0 aromatic heterocycles. The van der Waals surface area contributed by atoms with Crippen molar-refractivity contribution in [1.82, 2.24) is 0 Å². The quantitative estimate of drug-likeness (QED) is 0.456. The first kappa shape index (κ1) is 16.9. The minimum absolute atomic E-state index is 0.0569. The molecule has 0 spiro atoms. The molecule has 0 amide bonds. The average molecular weight is 318 g/mol. The van der Waals surface area contributed by atoms with E-state index in [1.165, 1.54) is 0 Å². The highest BCUT2D eigenvalue weighted by atomic mass is 16.3. The van der Waals surface area contributed by atoms with Crippen LogP contribution in [0, 0.1) is 28.1 Å². The maximum absolute atomic E-state index is 12.9. The van der Waals surface area contributed by atoms with Crippen molar-refractivity contribution < 1.29 is 14.7 Å². The Labute approximate surface area is 139 Å². The molecule has 1 N–H and O–H groups in total. The fourth-order valence-electron chi connectivity index (χ4n) is 6.17. The van der Waals surface area contributed by atoms with Gasteiger partial charge in [0.15, 0.2) is 0 Å². The third-order valence-electron chi connectivity index (χ3n) is 7.64. The zero-order valence-electron chi connectivity index (χ0n) is 14.9. The van der Waals surface area contributed by atoms with E-state index in [1.54, 1.807) is 0 Å². The number of aliphatic hydroxyl groups is 1. The van der Waals surface area contributed by atoms with E-state index in [4.69, 9.17) is 0 Å². The van der Waals surface area contributed by atoms with Gasteiger partial charge in [0.1, 0.15) is 12.1 Å². The van der Waals surface area contributed by atoms with E-state index in [0.29, 0.717) is 18.8 Å². The average Bonchev–Trinajstić information content (AvgIpc) is 2.61. The normalized spacial score (nSPS) is 46.2. The van der Waals surface area contributed by atoms with Crippen LogP contribution in [-0.4, -0.2) is 23.3 Å². The Kier molecular flexibility index (Phi) is 3.87. The van der Waals surface area contributed by atoms with Gasteiger partial charge in [-0.05, 0) is 61.7 Å². The molecule has 5 atom stereocenters. The highest BCUT2D eigenvalue weighted by Gasteiger charge is 2.63. The standard InChI is InChI=1S/C20H30O3/c1-13-5-6-15-19(4)9-8-16(22)18(2,3)14(19)7-10-20(15,12-21)17(23)11-13/h5,12,14-16,22H,6-11H2,1-4H3. The van der Waals surface area contributed by atoms with Crippen LogP contribution < -0.4 is 0 Å². The van der Waals surface area contributed by atoms with Crippen LogP contribution in [0.2, 0.25) is 0 Å². The maximum Gasteiger partial charge on any atom is 0.150 e. The first-order chi connectivity index (χ1) is 10.7. The summed E-state index contributed by atoms with van der Waals surface area (Å²) in [4.78, 5) is 25.1. The van der Waals surface area contributed by atoms with Crippen molar-refractivity contribution in [3.8, 4) is 0 Å². The minimum atomic E-state index is -0.808. The van der Waals surface area contributed by atoms with Gasteiger partial charge in [0.2, 0.25) is 0 Å². The number of hydrogen-bond acceptors (Lipinski definition) is 3. The highest BCUT2D eigenvalue weighted by Crippen LogP contribution is 2.65. The molecule has 3 aliphatic rings. The molecule has 0 radical (unpaired) electrons. The van der Waals surface area contributed by atoms with Gasteiger partial charge >= 0.3 is 0 Å². The summed E-state index contributed by atoms with van der Waals surface area (Å²) in [6.45, 7) is 8.60. The van der Waals surface area contributed by atoms with Gasteiger partial charge in [-0.25, -0.2) is 0 Å². The first-order valence-electron chi connectivity index (χ1n) is 9.02. The molecule has 0 heterocycles. The topological polar surface area (TPSA) is 54.4 Å². The Balaban J connectivity index is 2.10. The van der Waals surface area contributed by atoms with Crippen molar-refractivity contribution in [3.63, 3.8) is 0 Å². The van der Waals surface area contributed by atoms with Crippen LogP contribution in [0.25, 0.3) is 0 Å². The van der Waals surface area contributed by atoms with Crippen molar-refractivity contribution >= 4 is 12.1 Å². The predicted octanol–water partition coefficient (Wildman–Crippen LogP) is 3.69. The van der Waals surface area contributed by atoms with Crippen molar-refractivity contribution in [3.05, 3.63) is 11.6 Å². The molecule has 3 heteroatoms. The molecule has 0 aromatic carbocycles. The fourth-order valence-corrected chi connectivity index (χ4v) is 6.17. The van der Waals surface area contributed by atoms with Crippen molar-refractivity contribution in [2.24, 2.45) is 28.1 Å². The first-order valence-corrected chi connectivity index (χ1v) is 9.02. The maximum atomic E-state index is 12.9. The van der Waals surface area contributed by atoms with E-state index >= 15 is 0 Å². The highest BCUT2D eigenvalue weighted by molar-refractivity contribution is 6.00. The number of allylic oxidation sites excluding steroid dienone is 2. The Hall–Kier alpha value is -0.960. The van der Waals surface area contributed by atoms with E-state index in [1.807, 2.05) is 6.92 Å². The summed E-state index contributed by atoms with van der Waals surface area (Å²) in [7, 11) is 0. The smallest absolute Gasteiger partial charge is 0.150 e. The third kappa shape index (κ3) is 2.19.